The topological polar surface area (TPSA) is 67.2 Å². The number of carbonyl (C=O) groups excluding carboxylic acids is 2. The van der Waals surface area contributed by atoms with E-state index in [0.717, 1.165) is 30.5 Å². The summed E-state index contributed by atoms with van der Waals surface area (Å²) in [4.78, 5) is 27.3. The Morgan fingerprint density at radius 2 is 1.84 bits per heavy atom. The molecule has 6 nitrogen and oxygen atoms in total. The van der Waals surface area contributed by atoms with Crippen LogP contribution in [0.3, 0.4) is 0 Å². The monoisotopic (exact) mass is 454 g/mol. The number of hydrogen-bond donors (Lipinski definition) is 1. The predicted molar refractivity (Wildman–Crippen MR) is 122 cm³/mol. The molecule has 0 unspecified atom stereocenters. The van der Waals surface area contributed by atoms with Crippen LogP contribution < -0.4 is 5.32 Å². The molecule has 1 N–H and O–H groups in total. The first kappa shape index (κ1) is 22.0. The fraction of sp³-hybridized carbons (Fsp3) is 0.292. The Morgan fingerprint density at radius 1 is 1.12 bits per heavy atom. The van der Waals surface area contributed by atoms with E-state index in [1.54, 1.807) is 39.9 Å². The second kappa shape index (κ2) is 9.12. The van der Waals surface area contributed by atoms with Crippen LogP contribution in [0.5, 0.6) is 0 Å². The van der Waals surface area contributed by atoms with E-state index in [-0.39, 0.29) is 22.7 Å². The lowest BCUT2D eigenvalue weighted by Crippen LogP contribution is -2.30. The zero-order chi connectivity index (χ0) is 22.8. The number of hydrogen-bond acceptors (Lipinski definition) is 3. The standard InChI is InChI=1S/C24H24ClFN4O2/c1-3-29(4-2)24(32)18-13-10-16(14-20(18)25)27-23(31)22-19-6-5-7-21(19)30(28-22)17-11-8-15(26)9-12-17/h8-14H,3-7H2,1-2H3,(H,27,31). The van der Waals surface area contributed by atoms with Gasteiger partial charge in [0.25, 0.3) is 11.8 Å². The van der Waals surface area contributed by atoms with Crippen molar-refractivity contribution in [3.63, 3.8) is 0 Å². The number of nitrogens with zero attached hydrogens (tertiary/aromatic N) is 3. The molecule has 1 aliphatic carbocycles. The Bertz CT molecular complexity index is 1170. The maximum Gasteiger partial charge on any atom is 0.276 e. The van der Waals surface area contributed by atoms with E-state index in [2.05, 4.69) is 10.4 Å². The number of rotatable bonds is 6. The lowest BCUT2D eigenvalue weighted by Gasteiger charge is -2.19. The molecular weight excluding hydrogens is 431 g/mol. The maximum atomic E-state index is 13.3. The highest BCUT2D eigenvalue weighted by Crippen LogP contribution is 2.29. The molecule has 0 radical (unpaired) electrons. The zero-order valence-electron chi connectivity index (χ0n) is 18.0. The lowest BCUT2D eigenvalue weighted by atomic mass is 10.1. The molecule has 2 amide bonds. The highest BCUT2D eigenvalue weighted by molar-refractivity contribution is 6.34. The largest absolute Gasteiger partial charge is 0.339 e. The van der Waals surface area contributed by atoms with Gasteiger partial charge in [-0.3, -0.25) is 9.59 Å². The van der Waals surface area contributed by atoms with Crippen LogP contribution in [0.2, 0.25) is 5.02 Å². The van der Waals surface area contributed by atoms with Gasteiger partial charge in [0, 0.05) is 30.0 Å². The number of aromatic nitrogens is 2. The van der Waals surface area contributed by atoms with Gasteiger partial charge in [0.2, 0.25) is 0 Å². The van der Waals surface area contributed by atoms with Crippen molar-refractivity contribution in [3.05, 3.63) is 75.8 Å². The van der Waals surface area contributed by atoms with Gasteiger partial charge in [-0.2, -0.15) is 5.10 Å². The summed E-state index contributed by atoms with van der Waals surface area (Å²) in [6.45, 7) is 5.00. The minimum absolute atomic E-state index is 0.145. The number of benzene rings is 2. The van der Waals surface area contributed by atoms with Gasteiger partial charge in [0.1, 0.15) is 5.82 Å². The van der Waals surface area contributed by atoms with Crippen LogP contribution in [-0.2, 0) is 12.8 Å². The third kappa shape index (κ3) is 4.12. The van der Waals surface area contributed by atoms with Crippen molar-refractivity contribution in [3.8, 4) is 5.69 Å². The van der Waals surface area contributed by atoms with Gasteiger partial charge >= 0.3 is 0 Å². The average molecular weight is 455 g/mol. The first-order valence-electron chi connectivity index (χ1n) is 10.7. The molecule has 0 saturated heterocycles. The molecule has 8 heteroatoms. The van der Waals surface area contributed by atoms with Crippen LogP contribution in [0.15, 0.2) is 42.5 Å². The molecule has 0 saturated carbocycles. The molecule has 3 aromatic rings. The summed E-state index contributed by atoms with van der Waals surface area (Å²) in [7, 11) is 0. The smallest absolute Gasteiger partial charge is 0.276 e. The second-order valence-corrected chi connectivity index (χ2v) is 8.05. The summed E-state index contributed by atoms with van der Waals surface area (Å²) < 4.78 is 15.0. The molecule has 2 aromatic carbocycles. The number of amides is 2. The Hall–Kier alpha value is -3.19. The van der Waals surface area contributed by atoms with Crippen molar-refractivity contribution in [2.45, 2.75) is 33.1 Å². The van der Waals surface area contributed by atoms with E-state index in [9.17, 15) is 14.0 Å². The molecule has 1 aromatic heterocycles. The first-order chi connectivity index (χ1) is 15.4. The predicted octanol–water partition coefficient (Wildman–Crippen LogP) is 4.89. The van der Waals surface area contributed by atoms with Crippen molar-refractivity contribution < 1.29 is 14.0 Å². The van der Waals surface area contributed by atoms with Gasteiger partial charge in [-0.05, 0) is 75.6 Å². The SMILES string of the molecule is CCN(CC)C(=O)c1ccc(NC(=O)c2nn(-c3ccc(F)cc3)c3c2CCC3)cc1Cl. The Balaban J connectivity index is 1.59. The molecule has 0 spiro atoms. The fourth-order valence-electron chi connectivity index (χ4n) is 4.05. The Morgan fingerprint density at radius 3 is 2.50 bits per heavy atom. The van der Waals surface area contributed by atoms with Crippen LogP contribution in [-0.4, -0.2) is 39.6 Å². The van der Waals surface area contributed by atoms with E-state index < -0.39 is 0 Å². The van der Waals surface area contributed by atoms with Gasteiger partial charge in [-0.15, -0.1) is 0 Å². The van der Waals surface area contributed by atoms with Crippen molar-refractivity contribution >= 4 is 29.1 Å². The van der Waals surface area contributed by atoms with Crippen LogP contribution in [0.1, 0.15) is 52.4 Å². The van der Waals surface area contributed by atoms with Gasteiger partial charge in [0.15, 0.2) is 5.69 Å². The molecule has 166 valence electrons. The molecule has 0 fully saturated rings. The molecule has 1 aliphatic rings. The van der Waals surface area contributed by atoms with Crippen LogP contribution in [0.25, 0.3) is 5.69 Å². The molecule has 32 heavy (non-hydrogen) atoms. The van der Waals surface area contributed by atoms with E-state index in [4.69, 9.17) is 11.6 Å². The minimum atomic E-state index is -0.345. The first-order valence-corrected chi connectivity index (χ1v) is 11.1. The number of anilines is 1. The molecule has 0 atom stereocenters. The summed E-state index contributed by atoms with van der Waals surface area (Å²) in [6.07, 6.45) is 2.50. The molecular formula is C24H24ClFN4O2. The summed E-state index contributed by atoms with van der Waals surface area (Å²) in [5, 5.41) is 7.65. The van der Waals surface area contributed by atoms with E-state index >= 15 is 0 Å². The van der Waals surface area contributed by atoms with Crippen molar-refractivity contribution in [2.24, 2.45) is 0 Å². The summed E-state index contributed by atoms with van der Waals surface area (Å²) in [6, 6.07) is 10.9. The summed E-state index contributed by atoms with van der Waals surface area (Å²) in [5.74, 6) is -0.813. The lowest BCUT2D eigenvalue weighted by molar-refractivity contribution is 0.0773. The molecule has 0 aliphatic heterocycles. The van der Waals surface area contributed by atoms with Gasteiger partial charge < -0.3 is 10.2 Å². The number of halogens is 2. The van der Waals surface area contributed by atoms with Crippen LogP contribution >= 0.6 is 11.6 Å². The normalized spacial score (nSPS) is 12.5. The van der Waals surface area contributed by atoms with Gasteiger partial charge in [-0.1, -0.05) is 11.6 Å². The minimum Gasteiger partial charge on any atom is -0.339 e. The van der Waals surface area contributed by atoms with Crippen LogP contribution in [0.4, 0.5) is 10.1 Å². The second-order valence-electron chi connectivity index (χ2n) is 7.64. The van der Waals surface area contributed by atoms with Gasteiger partial charge in [-0.25, -0.2) is 9.07 Å². The van der Waals surface area contributed by atoms with E-state index in [0.29, 0.717) is 35.7 Å². The fourth-order valence-corrected chi connectivity index (χ4v) is 4.31. The molecule has 1 heterocycles. The third-order valence-electron chi connectivity index (χ3n) is 5.72. The molecule has 0 bridgehead atoms. The third-order valence-corrected chi connectivity index (χ3v) is 6.04. The highest BCUT2D eigenvalue weighted by Gasteiger charge is 2.27. The van der Waals surface area contributed by atoms with Gasteiger partial charge in [0.05, 0.1) is 16.3 Å². The number of nitrogens with one attached hydrogen (secondary N) is 1. The Labute approximate surface area is 191 Å². The summed E-state index contributed by atoms with van der Waals surface area (Å²) in [5.41, 5.74) is 3.83. The van der Waals surface area contributed by atoms with Crippen molar-refractivity contribution in [1.29, 1.82) is 0 Å². The van der Waals surface area contributed by atoms with Crippen LogP contribution in [0, 0.1) is 5.82 Å². The Kier molecular flexibility index (Phi) is 6.28. The highest BCUT2D eigenvalue weighted by atomic mass is 35.5. The average Bonchev–Trinajstić information content (AvgIpc) is 3.38. The van der Waals surface area contributed by atoms with Crippen molar-refractivity contribution in [1.82, 2.24) is 14.7 Å². The van der Waals surface area contributed by atoms with E-state index in [1.165, 1.54) is 12.1 Å². The summed E-state index contributed by atoms with van der Waals surface area (Å²) >= 11 is 6.35. The van der Waals surface area contributed by atoms with Crippen molar-refractivity contribution in [2.75, 3.05) is 18.4 Å². The maximum absolute atomic E-state index is 13.3. The van der Waals surface area contributed by atoms with E-state index in [1.807, 2.05) is 13.8 Å². The molecule has 4 rings (SSSR count). The number of fused-ring (bicyclic) bond motifs is 1. The zero-order valence-corrected chi connectivity index (χ0v) is 18.7. The quantitative estimate of drug-likeness (QED) is 0.576. The number of carbonyl (C=O) groups is 2.